The maximum absolute atomic E-state index is 12.9. The molecule has 0 saturated carbocycles. The Hall–Kier alpha value is -2.02. The van der Waals surface area contributed by atoms with Crippen LogP contribution in [0.4, 0.5) is 13.2 Å². The lowest BCUT2D eigenvalue weighted by Gasteiger charge is -2.14. The fraction of sp³-hybridized carbons (Fsp3) is 0.167. The second-order valence-electron chi connectivity index (χ2n) is 4.02. The highest BCUT2D eigenvalue weighted by atomic mass is 35.5. The average molecular weight is 305 g/mol. The van der Waals surface area contributed by atoms with E-state index in [0.717, 1.165) is 12.1 Å². The van der Waals surface area contributed by atoms with Gasteiger partial charge in [-0.15, -0.1) is 0 Å². The van der Waals surface area contributed by atoms with Crippen LogP contribution in [0.5, 0.6) is 0 Å². The Morgan fingerprint density at radius 2 is 1.80 bits per heavy atom. The second kappa shape index (κ2) is 4.82. The quantitative estimate of drug-likeness (QED) is 0.823. The van der Waals surface area contributed by atoms with Crippen LogP contribution in [0.25, 0.3) is 5.69 Å². The normalized spacial score (nSPS) is 11.7. The number of rotatable bonds is 1. The molecule has 0 aliphatic rings. The van der Waals surface area contributed by atoms with E-state index < -0.39 is 28.7 Å². The number of aromatic nitrogens is 2. The Balaban J connectivity index is 2.88. The smallest absolute Gasteiger partial charge is 0.297 e. The van der Waals surface area contributed by atoms with Crippen molar-refractivity contribution in [2.45, 2.75) is 13.1 Å². The molecule has 0 bridgehead atoms. The zero-order valence-corrected chi connectivity index (χ0v) is 10.8. The van der Waals surface area contributed by atoms with Crippen LogP contribution >= 0.6 is 11.6 Å². The molecule has 1 heterocycles. The minimum atomic E-state index is -4.68. The Kier molecular flexibility index (Phi) is 3.47. The summed E-state index contributed by atoms with van der Waals surface area (Å²) in [5.41, 5.74) is -3.57. The van der Waals surface area contributed by atoms with Gasteiger partial charge in [0.05, 0.1) is 16.8 Å². The van der Waals surface area contributed by atoms with Crippen molar-refractivity contribution in [3.63, 3.8) is 0 Å². The predicted molar refractivity (Wildman–Crippen MR) is 67.4 cm³/mol. The molecule has 0 fully saturated rings. The molecule has 0 radical (unpaired) electrons. The lowest BCUT2D eigenvalue weighted by atomic mass is 10.1. The lowest BCUT2D eigenvalue weighted by Crippen LogP contribution is -2.36. The van der Waals surface area contributed by atoms with E-state index in [1.165, 1.54) is 19.1 Å². The van der Waals surface area contributed by atoms with E-state index in [9.17, 15) is 22.8 Å². The molecular formula is C12H8ClF3N2O2. The van der Waals surface area contributed by atoms with E-state index >= 15 is 0 Å². The van der Waals surface area contributed by atoms with E-state index in [4.69, 9.17) is 11.6 Å². The van der Waals surface area contributed by atoms with Gasteiger partial charge in [0.25, 0.3) is 5.56 Å². The summed E-state index contributed by atoms with van der Waals surface area (Å²) in [7, 11) is 0. The maximum atomic E-state index is 12.9. The van der Waals surface area contributed by atoms with Crippen molar-refractivity contribution in [3.05, 3.63) is 61.4 Å². The molecule has 106 valence electrons. The molecule has 2 rings (SSSR count). The maximum Gasteiger partial charge on any atom is 0.418 e. The SMILES string of the molecule is Cc1c(Cl)[nH]c(=O)n(-c2ccccc2C(F)(F)F)c1=O. The standard InChI is InChI=1S/C12H8ClF3N2O2/c1-6-9(13)17-11(20)18(10(6)19)8-5-3-2-4-7(8)12(14,15)16/h2-5H,1H3,(H,17,20). The van der Waals surface area contributed by atoms with Gasteiger partial charge in [0, 0.05) is 0 Å². The van der Waals surface area contributed by atoms with E-state index in [1.807, 2.05) is 0 Å². The number of para-hydroxylation sites is 1. The molecule has 0 aliphatic heterocycles. The van der Waals surface area contributed by atoms with Crippen LogP contribution in [0, 0.1) is 6.92 Å². The molecule has 0 spiro atoms. The minimum absolute atomic E-state index is 0.0387. The Labute approximate surface area is 115 Å². The Morgan fingerprint density at radius 3 is 2.40 bits per heavy atom. The molecule has 1 aromatic carbocycles. The molecular weight excluding hydrogens is 297 g/mol. The highest BCUT2D eigenvalue weighted by Crippen LogP contribution is 2.32. The van der Waals surface area contributed by atoms with Crippen LogP contribution in [0.2, 0.25) is 5.15 Å². The summed E-state index contributed by atoms with van der Waals surface area (Å²) < 4.78 is 39.2. The van der Waals surface area contributed by atoms with Gasteiger partial charge >= 0.3 is 11.9 Å². The molecule has 8 heteroatoms. The first-order valence-electron chi connectivity index (χ1n) is 5.41. The Bertz CT molecular complexity index is 777. The Morgan fingerprint density at radius 1 is 1.20 bits per heavy atom. The van der Waals surface area contributed by atoms with Gasteiger partial charge in [-0.05, 0) is 19.1 Å². The third-order valence-corrected chi connectivity index (χ3v) is 3.10. The molecule has 0 unspecified atom stereocenters. The third kappa shape index (κ3) is 2.36. The van der Waals surface area contributed by atoms with Crippen molar-refractivity contribution in [1.82, 2.24) is 9.55 Å². The van der Waals surface area contributed by atoms with Gasteiger partial charge in [-0.3, -0.25) is 9.78 Å². The van der Waals surface area contributed by atoms with Crippen LogP contribution in [0.15, 0.2) is 33.9 Å². The number of alkyl halides is 3. The number of aromatic amines is 1. The van der Waals surface area contributed by atoms with Crippen molar-refractivity contribution in [1.29, 1.82) is 0 Å². The third-order valence-electron chi connectivity index (χ3n) is 2.72. The first-order valence-corrected chi connectivity index (χ1v) is 5.79. The number of nitrogens with one attached hydrogen (secondary N) is 1. The molecule has 2 aromatic rings. The van der Waals surface area contributed by atoms with Gasteiger partial charge in [-0.2, -0.15) is 13.2 Å². The van der Waals surface area contributed by atoms with Gasteiger partial charge in [0.15, 0.2) is 0 Å². The van der Waals surface area contributed by atoms with E-state index in [2.05, 4.69) is 4.98 Å². The van der Waals surface area contributed by atoms with Gasteiger partial charge in [0.2, 0.25) is 0 Å². The summed E-state index contributed by atoms with van der Waals surface area (Å²) in [6, 6.07) is 4.33. The average Bonchev–Trinajstić information content (AvgIpc) is 2.35. The molecule has 20 heavy (non-hydrogen) atoms. The topological polar surface area (TPSA) is 54.9 Å². The fourth-order valence-corrected chi connectivity index (χ4v) is 1.89. The summed E-state index contributed by atoms with van der Waals surface area (Å²) in [6.45, 7) is 1.31. The van der Waals surface area contributed by atoms with Gasteiger partial charge in [-0.25, -0.2) is 9.36 Å². The summed E-state index contributed by atoms with van der Waals surface area (Å²) in [4.78, 5) is 25.9. The predicted octanol–water partition coefficient (Wildman–Crippen LogP) is 2.51. The van der Waals surface area contributed by atoms with Crippen LogP contribution in [-0.4, -0.2) is 9.55 Å². The summed E-state index contributed by atoms with van der Waals surface area (Å²) in [5, 5.41) is -0.194. The molecule has 0 aliphatic carbocycles. The highest BCUT2D eigenvalue weighted by molar-refractivity contribution is 6.30. The van der Waals surface area contributed by atoms with E-state index in [-0.39, 0.29) is 10.7 Å². The number of nitrogens with zero attached hydrogens (tertiary/aromatic N) is 1. The second-order valence-corrected chi connectivity index (χ2v) is 4.40. The fourth-order valence-electron chi connectivity index (χ4n) is 1.72. The van der Waals surface area contributed by atoms with Gasteiger partial charge < -0.3 is 0 Å². The summed E-state index contributed by atoms with van der Waals surface area (Å²) in [5.74, 6) is 0. The van der Waals surface area contributed by atoms with Gasteiger partial charge in [0.1, 0.15) is 5.15 Å². The van der Waals surface area contributed by atoms with E-state index in [0.29, 0.717) is 4.57 Å². The van der Waals surface area contributed by atoms with Crippen molar-refractivity contribution in [2.24, 2.45) is 0 Å². The first-order chi connectivity index (χ1) is 9.23. The molecule has 0 atom stereocenters. The molecule has 1 aromatic heterocycles. The monoisotopic (exact) mass is 304 g/mol. The van der Waals surface area contributed by atoms with Crippen molar-refractivity contribution in [3.8, 4) is 5.69 Å². The highest BCUT2D eigenvalue weighted by Gasteiger charge is 2.34. The number of benzene rings is 1. The molecule has 0 saturated heterocycles. The van der Waals surface area contributed by atoms with Crippen LogP contribution < -0.4 is 11.2 Å². The number of hydrogen-bond donors (Lipinski definition) is 1. The van der Waals surface area contributed by atoms with Crippen molar-refractivity contribution in [2.75, 3.05) is 0 Å². The van der Waals surface area contributed by atoms with Gasteiger partial charge in [-0.1, -0.05) is 23.7 Å². The molecule has 4 nitrogen and oxygen atoms in total. The van der Waals surface area contributed by atoms with E-state index in [1.54, 1.807) is 0 Å². The minimum Gasteiger partial charge on any atom is -0.297 e. The molecule has 0 amide bonds. The first kappa shape index (κ1) is 14.4. The lowest BCUT2D eigenvalue weighted by molar-refractivity contribution is -0.137. The zero-order chi connectivity index (χ0) is 15.1. The summed E-state index contributed by atoms with van der Waals surface area (Å²) >= 11 is 5.62. The number of H-pyrrole nitrogens is 1. The van der Waals surface area contributed by atoms with Crippen LogP contribution in [0.3, 0.4) is 0 Å². The molecule has 1 N–H and O–H groups in total. The van der Waals surface area contributed by atoms with Crippen LogP contribution in [-0.2, 0) is 6.18 Å². The number of hydrogen-bond acceptors (Lipinski definition) is 2. The zero-order valence-electron chi connectivity index (χ0n) is 10.1. The largest absolute Gasteiger partial charge is 0.418 e. The number of halogens is 4. The summed E-state index contributed by atoms with van der Waals surface area (Å²) in [6.07, 6.45) is -4.68. The van der Waals surface area contributed by atoms with Crippen molar-refractivity contribution >= 4 is 11.6 Å². The van der Waals surface area contributed by atoms with Crippen molar-refractivity contribution < 1.29 is 13.2 Å². The van der Waals surface area contributed by atoms with Crippen LogP contribution in [0.1, 0.15) is 11.1 Å².